The molecule has 1 N–H and O–H groups in total. The standard InChI is InChI=1S/C23H16N2O4/c1-25-22(27)14-11-10-13(12-17(14)23(25)28)24-21(26)20-15-6-2-4-8-18(15)29-19-9-5-3-7-16(19)20/h2-12,20H,1H3,(H,24,26). The number of rotatable bonds is 2. The molecule has 6 nitrogen and oxygen atoms in total. The van der Waals surface area contributed by atoms with Gasteiger partial charge in [-0.25, -0.2) is 0 Å². The summed E-state index contributed by atoms with van der Waals surface area (Å²) in [6.07, 6.45) is 0. The molecule has 0 unspecified atom stereocenters. The van der Waals surface area contributed by atoms with Gasteiger partial charge in [0.25, 0.3) is 11.8 Å². The van der Waals surface area contributed by atoms with Gasteiger partial charge in [0.2, 0.25) is 5.91 Å². The Kier molecular flexibility index (Phi) is 3.74. The molecule has 2 heterocycles. The second-order valence-electron chi connectivity index (χ2n) is 7.03. The highest BCUT2D eigenvalue weighted by atomic mass is 16.5. The highest BCUT2D eigenvalue weighted by Gasteiger charge is 2.35. The van der Waals surface area contributed by atoms with Crippen molar-refractivity contribution < 1.29 is 19.1 Å². The third kappa shape index (κ3) is 2.61. The van der Waals surface area contributed by atoms with Gasteiger partial charge < -0.3 is 10.1 Å². The molecular weight excluding hydrogens is 368 g/mol. The number of fused-ring (bicyclic) bond motifs is 3. The summed E-state index contributed by atoms with van der Waals surface area (Å²) in [6.45, 7) is 0. The van der Waals surface area contributed by atoms with Crippen molar-refractivity contribution in [3.63, 3.8) is 0 Å². The van der Waals surface area contributed by atoms with Crippen LogP contribution in [-0.2, 0) is 4.79 Å². The number of imide groups is 1. The lowest BCUT2D eigenvalue weighted by molar-refractivity contribution is -0.116. The first-order chi connectivity index (χ1) is 14.0. The van der Waals surface area contributed by atoms with Crippen molar-refractivity contribution in [1.29, 1.82) is 0 Å². The van der Waals surface area contributed by atoms with Gasteiger partial charge in [0.15, 0.2) is 0 Å². The predicted octanol–water partition coefficient (Wildman–Crippen LogP) is 3.79. The van der Waals surface area contributed by atoms with Crippen LogP contribution in [0.5, 0.6) is 11.5 Å². The summed E-state index contributed by atoms with van der Waals surface area (Å²) in [5.41, 5.74) is 2.65. The first kappa shape index (κ1) is 17.2. The summed E-state index contributed by atoms with van der Waals surface area (Å²) in [6, 6.07) is 19.6. The van der Waals surface area contributed by atoms with Crippen LogP contribution in [0.25, 0.3) is 0 Å². The Bertz CT molecular complexity index is 1160. The van der Waals surface area contributed by atoms with E-state index >= 15 is 0 Å². The highest BCUT2D eigenvalue weighted by Crippen LogP contribution is 2.44. The minimum atomic E-state index is -0.551. The zero-order valence-corrected chi connectivity index (χ0v) is 15.5. The average molecular weight is 384 g/mol. The fourth-order valence-corrected chi connectivity index (χ4v) is 3.85. The second-order valence-corrected chi connectivity index (χ2v) is 7.03. The molecule has 3 aromatic rings. The van der Waals surface area contributed by atoms with Crippen molar-refractivity contribution in [1.82, 2.24) is 4.90 Å². The number of hydrogen-bond donors (Lipinski definition) is 1. The Hall–Kier alpha value is -3.93. The van der Waals surface area contributed by atoms with E-state index in [2.05, 4.69) is 5.32 Å². The van der Waals surface area contributed by atoms with E-state index in [1.807, 2.05) is 48.5 Å². The number of ether oxygens (including phenoxy) is 1. The van der Waals surface area contributed by atoms with Crippen molar-refractivity contribution in [3.8, 4) is 11.5 Å². The molecular formula is C23H16N2O4. The minimum Gasteiger partial charge on any atom is -0.457 e. The smallest absolute Gasteiger partial charge is 0.261 e. The third-order valence-corrected chi connectivity index (χ3v) is 5.30. The number of carbonyl (C=O) groups is 3. The molecule has 0 bridgehead atoms. The highest BCUT2D eigenvalue weighted by molar-refractivity contribution is 6.21. The van der Waals surface area contributed by atoms with Crippen LogP contribution in [0.2, 0.25) is 0 Å². The minimum absolute atomic E-state index is 0.238. The molecule has 3 aromatic carbocycles. The molecule has 29 heavy (non-hydrogen) atoms. The van der Waals surface area contributed by atoms with Gasteiger partial charge in [-0.15, -0.1) is 0 Å². The summed E-state index contributed by atoms with van der Waals surface area (Å²) < 4.78 is 5.94. The van der Waals surface area contributed by atoms with E-state index in [4.69, 9.17) is 4.74 Å². The maximum absolute atomic E-state index is 13.3. The molecule has 0 atom stereocenters. The van der Waals surface area contributed by atoms with Crippen molar-refractivity contribution in [2.75, 3.05) is 12.4 Å². The Morgan fingerprint density at radius 1 is 0.862 bits per heavy atom. The first-order valence-corrected chi connectivity index (χ1v) is 9.17. The van der Waals surface area contributed by atoms with Crippen molar-refractivity contribution in [2.24, 2.45) is 0 Å². The molecule has 0 aliphatic carbocycles. The molecule has 142 valence electrons. The van der Waals surface area contributed by atoms with Crippen LogP contribution < -0.4 is 10.1 Å². The van der Waals surface area contributed by atoms with Crippen LogP contribution in [0.15, 0.2) is 66.7 Å². The molecule has 2 aliphatic rings. The van der Waals surface area contributed by atoms with Crippen molar-refractivity contribution in [2.45, 2.75) is 5.92 Å². The fraction of sp³-hybridized carbons (Fsp3) is 0.0870. The molecule has 0 spiro atoms. The first-order valence-electron chi connectivity index (χ1n) is 9.17. The largest absolute Gasteiger partial charge is 0.457 e. The van der Waals surface area contributed by atoms with E-state index in [-0.39, 0.29) is 17.7 Å². The summed E-state index contributed by atoms with van der Waals surface area (Å²) in [5.74, 6) is -0.217. The number of amides is 3. The summed E-state index contributed by atoms with van der Waals surface area (Å²) in [4.78, 5) is 38.7. The number of para-hydroxylation sites is 2. The van der Waals surface area contributed by atoms with E-state index in [9.17, 15) is 14.4 Å². The zero-order valence-electron chi connectivity index (χ0n) is 15.5. The number of hydrogen-bond acceptors (Lipinski definition) is 4. The average Bonchev–Trinajstić information content (AvgIpc) is 2.95. The van der Waals surface area contributed by atoms with Gasteiger partial charge in [-0.2, -0.15) is 0 Å². The maximum atomic E-state index is 13.3. The monoisotopic (exact) mass is 384 g/mol. The molecule has 2 aliphatic heterocycles. The molecule has 6 heteroatoms. The van der Waals surface area contributed by atoms with Crippen LogP contribution in [0.1, 0.15) is 37.8 Å². The molecule has 0 saturated heterocycles. The summed E-state index contributed by atoms with van der Waals surface area (Å²) >= 11 is 0. The van der Waals surface area contributed by atoms with E-state index in [1.165, 1.54) is 7.05 Å². The number of nitrogens with one attached hydrogen (secondary N) is 1. The quantitative estimate of drug-likeness (QED) is 0.682. The Balaban J connectivity index is 1.52. The van der Waals surface area contributed by atoms with Crippen LogP contribution in [0.4, 0.5) is 5.69 Å². The van der Waals surface area contributed by atoms with Crippen LogP contribution >= 0.6 is 0 Å². The molecule has 0 aromatic heterocycles. The van der Waals surface area contributed by atoms with E-state index in [0.717, 1.165) is 16.0 Å². The van der Waals surface area contributed by atoms with E-state index in [0.29, 0.717) is 28.3 Å². The molecule has 5 rings (SSSR count). The van der Waals surface area contributed by atoms with E-state index in [1.54, 1.807) is 18.2 Å². The lowest BCUT2D eigenvalue weighted by Gasteiger charge is -2.27. The molecule has 0 saturated carbocycles. The van der Waals surface area contributed by atoms with Crippen LogP contribution in [-0.4, -0.2) is 29.7 Å². The SMILES string of the molecule is CN1C(=O)c2ccc(NC(=O)C3c4ccccc4Oc4ccccc43)cc2C1=O. The second kappa shape index (κ2) is 6.31. The number of anilines is 1. The lowest BCUT2D eigenvalue weighted by atomic mass is 9.87. The maximum Gasteiger partial charge on any atom is 0.261 e. The van der Waals surface area contributed by atoms with Crippen molar-refractivity contribution in [3.05, 3.63) is 89.0 Å². The van der Waals surface area contributed by atoms with Gasteiger partial charge in [0, 0.05) is 23.9 Å². The number of carbonyl (C=O) groups excluding carboxylic acids is 3. The van der Waals surface area contributed by atoms with Crippen LogP contribution in [0.3, 0.4) is 0 Å². The normalized spacial score (nSPS) is 14.7. The van der Waals surface area contributed by atoms with Gasteiger partial charge in [-0.1, -0.05) is 36.4 Å². The van der Waals surface area contributed by atoms with Crippen molar-refractivity contribution >= 4 is 23.4 Å². The summed E-state index contributed by atoms with van der Waals surface area (Å²) in [5, 5.41) is 2.90. The van der Waals surface area contributed by atoms with Gasteiger partial charge in [-0.05, 0) is 30.3 Å². The fourth-order valence-electron chi connectivity index (χ4n) is 3.85. The Morgan fingerprint density at radius 2 is 1.45 bits per heavy atom. The van der Waals surface area contributed by atoms with Crippen LogP contribution in [0, 0.1) is 0 Å². The number of benzene rings is 3. The topological polar surface area (TPSA) is 75.7 Å². The molecule has 0 fully saturated rings. The molecule has 0 radical (unpaired) electrons. The van der Waals surface area contributed by atoms with Gasteiger partial charge in [0.05, 0.1) is 17.0 Å². The Morgan fingerprint density at radius 3 is 2.10 bits per heavy atom. The number of nitrogens with zero attached hydrogens (tertiary/aromatic N) is 1. The lowest BCUT2D eigenvalue weighted by Crippen LogP contribution is -2.25. The predicted molar refractivity (Wildman–Crippen MR) is 106 cm³/mol. The van der Waals surface area contributed by atoms with Gasteiger partial charge >= 0.3 is 0 Å². The Labute approximate surface area is 166 Å². The summed E-state index contributed by atoms with van der Waals surface area (Å²) in [7, 11) is 1.44. The van der Waals surface area contributed by atoms with Gasteiger partial charge in [0.1, 0.15) is 11.5 Å². The molecule has 3 amide bonds. The van der Waals surface area contributed by atoms with E-state index < -0.39 is 5.92 Å². The van der Waals surface area contributed by atoms with Gasteiger partial charge in [-0.3, -0.25) is 19.3 Å². The third-order valence-electron chi connectivity index (χ3n) is 5.30. The zero-order chi connectivity index (χ0) is 20.1.